The van der Waals surface area contributed by atoms with Crippen molar-refractivity contribution in [2.75, 3.05) is 31.1 Å². The molecule has 33 heavy (non-hydrogen) atoms. The zero-order chi connectivity index (χ0) is 22.8. The van der Waals surface area contributed by atoms with Crippen molar-refractivity contribution in [1.82, 2.24) is 25.1 Å². The highest BCUT2D eigenvalue weighted by Gasteiger charge is 2.85. The molecule has 4 heterocycles. The molecule has 7 nitrogen and oxygen atoms in total. The van der Waals surface area contributed by atoms with E-state index in [4.69, 9.17) is 0 Å². The molecule has 2 aromatic heterocycles. The third kappa shape index (κ3) is 2.81. The summed E-state index contributed by atoms with van der Waals surface area (Å²) in [6.45, 7) is 1.75. The van der Waals surface area contributed by atoms with Gasteiger partial charge in [-0.2, -0.15) is 23.5 Å². The topological polar surface area (TPSA) is 82.7 Å². The van der Waals surface area contributed by atoms with Crippen LogP contribution < -0.4 is 10.2 Å². The fourth-order valence-electron chi connectivity index (χ4n) is 5.85. The number of aromatic nitrogens is 4. The number of alkyl halides is 3. The Morgan fingerprint density at radius 1 is 1.12 bits per heavy atom. The Morgan fingerprint density at radius 3 is 2.70 bits per heavy atom. The molecule has 170 valence electrons. The Hall–Kier alpha value is -3.19. The molecule has 1 N–H and O–H groups in total. The van der Waals surface area contributed by atoms with Gasteiger partial charge in [0.15, 0.2) is 5.82 Å². The van der Waals surface area contributed by atoms with Gasteiger partial charge in [0.25, 0.3) is 0 Å². The van der Waals surface area contributed by atoms with E-state index in [0.29, 0.717) is 22.2 Å². The maximum atomic E-state index is 14.4. The molecule has 2 aliphatic heterocycles. The molecule has 3 aliphatic rings. The number of benzene rings is 1. The smallest absolute Gasteiger partial charge is 0.369 e. The average molecular weight is 453 g/mol. The lowest BCUT2D eigenvalue weighted by molar-refractivity contribution is -0.186. The van der Waals surface area contributed by atoms with Crippen LogP contribution in [0.25, 0.3) is 10.9 Å². The number of hydrogen-bond donors (Lipinski definition) is 1. The summed E-state index contributed by atoms with van der Waals surface area (Å²) in [6.07, 6.45) is 0.589. The van der Waals surface area contributed by atoms with Gasteiger partial charge in [-0.05, 0) is 56.6 Å². The van der Waals surface area contributed by atoms with E-state index in [0.717, 1.165) is 25.9 Å². The zero-order valence-corrected chi connectivity index (χ0v) is 17.8. The number of hydrogen-bond acceptors (Lipinski definition) is 6. The Balaban J connectivity index is 1.40. The van der Waals surface area contributed by atoms with Gasteiger partial charge >= 0.3 is 6.18 Å². The van der Waals surface area contributed by atoms with Gasteiger partial charge in [-0.1, -0.05) is 0 Å². The standard InChI is InChI=1S/C23H22F3N7/c24-23(25,26)22-11-21(22,20-30-14-33(31-20)16-5-8-28-9-6-16)12-32(13-22)18-4-3-15(10-27)19-17(18)2-1-7-29-19/h1-4,7,14,16,28H,5-6,8-9,11-13H2/t21-,22-/m0/s1. The second kappa shape index (κ2) is 6.90. The number of halogens is 3. The van der Waals surface area contributed by atoms with E-state index in [-0.39, 0.29) is 31.4 Å². The Labute approximate surface area is 188 Å². The number of nitrogens with one attached hydrogen (secondary N) is 1. The summed E-state index contributed by atoms with van der Waals surface area (Å²) in [5, 5.41) is 18.0. The predicted octanol–water partition coefficient (Wildman–Crippen LogP) is 3.33. The molecule has 3 aromatic rings. The van der Waals surface area contributed by atoms with Crippen molar-refractivity contribution in [1.29, 1.82) is 5.26 Å². The highest BCUT2D eigenvalue weighted by Crippen LogP contribution is 2.74. The summed E-state index contributed by atoms with van der Waals surface area (Å²) >= 11 is 0. The minimum Gasteiger partial charge on any atom is -0.369 e. The third-order valence-corrected chi connectivity index (χ3v) is 7.69. The van der Waals surface area contributed by atoms with E-state index >= 15 is 0 Å². The highest BCUT2D eigenvalue weighted by molar-refractivity contribution is 5.95. The first-order valence-corrected chi connectivity index (χ1v) is 11.1. The Bertz CT molecular complexity index is 1270. The SMILES string of the molecule is N#Cc1ccc(N2C[C@]3(c4ncn(C5CCNCC5)n4)C[C@]3(C(F)(F)F)C2)c2cccnc12. The second-order valence-corrected chi connectivity index (χ2v) is 9.37. The number of piperidine rings is 2. The Morgan fingerprint density at radius 2 is 1.94 bits per heavy atom. The lowest BCUT2D eigenvalue weighted by Crippen LogP contribution is -2.34. The van der Waals surface area contributed by atoms with Crippen molar-refractivity contribution in [2.24, 2.45) is 5.41 Å². The van der Waals surface area contributed by atoms with Gasteiger partial charge in [0, 0.05) is 30.4 Å². The molecule has 1 aliphatic carbocycles. The molecule has 0 unspecified atom stereocenters. The van der Waals surface area contributed by atoms with E-state index in [9.17, 15) is 18.4 Å². The van der Waals surface area contributed by atoms with E-state index in [1.54, 1.807) is 46.4 Å². The van der Waals surface area contributed by atoms with Gasteiger partial charge in [0.05, 0.1) is 28.0 Å². The molecule has 2 atom stereocenters. The molecule has 0 amide bonds. The van der Waals surface area contributed by atoms with Crippen LogP contribution in [0.15, 0.2) is 36.8 Å². The lowest BCUT2D eigenvalue weighted by Gasteiger charge is -2.25. The lowest BCUT2D eigenvalue weighted by atomic mass is 9.95. The van der Waals surface area contributed by atoms with Crippen molar-refractivity contribution in [3.05, 3.63) is 48.2 Å². The number of pyridine rings is 1. The zero-order valence-electron chi connectivity index (χ0n) is 17.8. The van der Waals surface area contributed by atoms with Gasteiger partial charge in [-0.15, -0.1) is 0 Å². The molecular weight excluding hydrogens is 431 g/mol. The van der Waals surface area contributed by atoms with Crippen molar-refractivity contribution in [3.63, 3.8) is 0 Å². The highest BCUT2D eigenvalue weighted by atomic mass is 19.4. The largest absolute Gasteiger partial charge is 0.397 e. The maximum absolute atomic E-state index is 14.4. The minimum absolute atomic E-state index is 0.00268. The van der Waals surface area contributed by atoms with E-state index in [1.165, 1.54) is 0 Å². The van der Waals surface area contributed by atoms with E-state index in [1.807, 2.05) is 0 Å². The molecule has 6 rings (SSSR count). The third-order valence-electron chi connectivity index (χ3n) is 7.69. The molecule has 0 bridgehead atoms. The van der Waals surface area contributed by atoms with E-state index in [2.05, 4.69) is 26.5 Å². The first kappa shape index (κ1) is 20.4. The fraction of sp³-hybridized carbons (Fsp3) is 0.478. The van der Waals surface area contributed by atoms with Crippen LogP contribution in [0.3, 0.4) is 0 Å². The quantitative estimate of drug-likeness (QED) is 0.655. The summed E-state index contributed by atoms with van der Waals surface area (Å²) in [6, 6.07) is 9.18. The van der Waals surface area contributed by atoms with Crippen LogP contribution in [0.1, 0.15) is 36.7 Å². The van der Waals surface area contributed by atoms with Crippen LogP contribution in [-0.4, -0.2) is 52.1 Å². The Kier molecular flexibility index (Phi) is 4.27. The number of nitrogens with zero attached hydrogens (tertiary/aromatic N) is 6. The summed E-state index contributed by atoms with van der Waals surface area (Å²) < 4.78 is 45.1. The molecular formula is C23H22F3N7. The van der Waals surface area contributed by atoms with Crippen LogP contribution in [0.5, 0.6) is 0 Å². The fourth-order valence-corrected chi connectivity index (χ4v) is 5.85. The molecule has 2 saturated heterocycles. The van der Waals surface area contributed by atoms with Gasteiger partial charge in [-0.25, -0.2) is 9.67 Å². The average Bonchev–Trinajstić information content (AvgIpc) is 3.15. The summed E-state index contributed by atoms with van der Waals surface area (Å²) in [4.78, 5) is 10.5. The second-order valence-electron chi connectivity index (χ2n) is 9.37. The van der Waals surface area contributed by atoms with Crippen LogP contribution >= 0.6 is 0 Å². The summed E-state index contributed by atoms with van der Waals surface area (Å²) in [5.41, 5.74) is -1.47. The molecule has 1 saturated carbocycles. The predicted molar refractivity (Wildman–Crippen MR) is 115 cm³/mol. The molecule has 0 radical (unpaired) electrons. The number of fused-ring (bicyclic) bond motifs is 2. The number of rotatable bonds is 3. The minimum atomic E-state index is -4.37. The van der Waals surface area contributed by atoms with Crippen molar-refractivity contribution >= 4 is 16.6 Å². The molecule has 0 spiro atoms. The van der Waals surface area contributed by atoms with Crippen molar-refractivity contribution in [2.45, 2.75) is 36.9 Å². The molecule has 1 aromatic carbocycles. The first-order valence-electron chi connectivity index (χ1n) is 11.1. The van der Waals surface area contributed by atoms with Crippen molar-refractivity contribution in [3.8, 4) is 6.07 Å². The monoisotopic (exact) mass is 453 g/mol. The van der Waals surface area contributed by atoms with Gasteiger partial charge in [0.1, 0.15) is 12.4 Å². The van der Waals surface area contributed by atoms with Crippen molar-refractivity contribution < 1.29 is 13.2 Å². The molecule has 3 fully saturated rings. The van der Waals surface area contributed by atoms with Gasteiger partial charge < -0.3 is 10.2 Å². The summed E-state index contributed by atoms with van der Waals surface area (Å²) in [7, 11) is 0. The number of anilines is 1. The van der Waals surface area contributed by atoms with Gasteiger partial charge in [0.2, 0.25) is 0 Å². The van der Waals surface area contributed by atoms with E-state index < -0.39 is 17.0 Å². The maximum Gasteiger partial charge on any atom is 0.397 e. The first-order chi connectivity index (χ1) is 15.9. The van der Waals surface area contributed by atoms with Crippen LogP contribution in [-0.2, 0) is 5.41 Å². The number of nitriles is 1. The van der Waals surface area contributed by atoms with Crippen LogP contribution in [0, 0.1) is 16.7 Å². The van der Waals surface area contributed by atoms with Crippen LogP contribution in [0.2, 0.25) is 0 Å². The van der Waals surface area contributed by atoms with Crippen LogP contribution in [0.4, 0.5) is 18.9 Å². The molecule has 10 heteroatoms. The normalized spacial score (nSPS) is 27.5. The summed E-state index contributed by atoms with van der Waals surface area (Å²) in [5.74, 6) is 0.289. The van der Waals surface area contributed by atoms with Gasteiger partial charge in [-0.3, -0.25) is 4.98 Å².